The maximum absolute atomic E-state index is 12.1. The van der Waals surface area contributed by atoms with Crippen LogP contribution in [-0.4, -0.2) is 31.1 Å². The normalized spacial score (nSPS) is 11.2. The molecule has 0 aromatic heterocycles. The largest absolute Gasteiger partial charge is 0.405 e. The fraction of sp³-hybridized carbons (Fsp3) is 0.200. The predicted molar refractivity (Wildman–Crippen MR) is 75.3 cm³/mol. The highest BCUT2D eigenvalue weighted by Gasteiger charge is 2.27. The summed E-state index contributed by atoms with van der Waals surface area (Å²) in [6, 6.07) is 12.3. The quantitative estimate of drug-likeness (QED) is 0.910. The van der Waals surface area contributed by atoms with Crippen LogP contribution in [0.25, 0.3) is 10.8 Å². The molecule has 116 valence electrons. The van der Waals surface area contributed by atoms with Gasteiger partial charge in [-0.1, -0.05) is 36.4 Å². The van der Waals surface area contributed by atoms with E-state index in [4.69, 9.17) is 0 Å². The van der Waals surface area contributed by atoms with Crippen molar-refractivity contribution in [2.24, 2.45) is 0 Å². The van der Waals surface area contributed by atoms with E-state index in [0.717, 1.165) is 5.39 Å². The Kier molecular flexibility index (Phi) is 4.65. The summed E-state index contributed by atoms with van der Waals surface area (Å²) in [5.74, 6) is -1.41. The van der Waals surface area contributed by atoms with Crippen molar-refractivity contribution in [1.82, 2.24) is 10.6 Å². The number of halogens is 3. The van der Waals surface area contributed by atoms with Crippen LogP contribution in [0, 0.1) is 0 Å². The first kappa shape index (κ1) is 15.8. The van der Waals surface area contributed by atoms with Gasteiger partial charge in [0.1, 0.15) is 6.54 Å². The molecule has 2 aromatic rings. The number of carbonyl (C=O) groups is 2. The summed E-state index contributed by atoms with van der Waals surface area (Å²) in [6.07, 6.45) is -4.48. The van der Waals surface area contributed by atoms with Gasteiger partial charge in [-0.05, 0) is 16.8 Å². The van der Waals surface area contributed by atoms with Gasteiger partial charge in [-0.15, -0.1) is 0 Å². The Morgan fingerprint density at radius 1 is 0.955 bits per heavy atom. The Morgan fingerprint density at radius 2 is 1.64 bits per heavy atom. The summed E-state index contributed by atoms with van der Waals surface area (Å²) in [4.78, 5) is 23.3. The Hall–Kier alpha value is -2.57. The van der Waals surface area contributed by atoms with Crippen LogP contribution in [-0.2, 0) is 4.79 Å². The van der Waals surface area contributed by atoms with E-state index in [0.29, 0.717) is 10.9 Å². The molecule has 2 aromatic carbocycles. The van der Waals surface area contributed by atoms with Gasteiger partial charge >= 0.3 is 6.18 Å². The van der Waals surface area contributed by atoms with Gasteiger partial charge < -0.3 is 10.6 Å². The Balaban J connectivity index is 1.99. The maximum Gasteiger partial charge on any atom is 0.405 e. The molecule has 0 heterocycles. The molecule has 0 saturated carbocycles. The zero-order valence-corrected chi connectivity index (χ0v) is 11.4. The van der Waals surface area contributed by atoms with Crippen molar-refractivity contribution in [3.8, 4) is 0 Å². The summed E-state index contributed by atoms with van der Waals surface area (Å²) in [6.45, 7) is -1.94. The molecule has 2 N–H and O–H groups in total. The van der Waals surface area contributed by atoms with Crippen LogP contribution in [0.2, 0.25) is 0 Å². The molecule has 0 radical (unpaired) electrons. The number of nitrogens with one attached hydrogen (secondary N) is 2. The molecule has 0 saturated heterocycles. The van der Waals surface area contributed by atoms with E-state index >= 15 is 0 Å². The summed E-state index contributed by atoms with van der Waals surface area (Å²) in [7, 11) is 0. The molecule has 2 rings (SSSR count). The average Bonchev–Trinajstić information content (AvgIpc) is 2.49. The fourth-order valence-electron chi connectivity index (χ4n) is 1.94. The molecule has 0 aliphatic heterocycles. The van der Waals surface area contributed by atoms with Crippen LogP contribution < -0.4 is 10.6 Å². The zero-order chi connectivity index (χ0) is 16.2. The van der Waals surface area contributed by atoms with Crippen LogP contribution >= 0.6 is 0 Å². The van der Waals surface area contributed by atoms with Crippen molar-refractivity contribution in [2.45, 2.75) is 6.18 Å². The summed E-state index contributed by atoms with van der Waals surface area (Å²) in [5, 5.41) is 5.56. The number of benzene rings is 2. The topological polar surface area (TPSA) is 58.2 Å². The van der Waals surface area contributed by atoms with Gasteiger partial charge in [-0.3, -0.25) is 9.59 Å². The van der Waals surface area contributed by atoms with Crippen LogP contribution in [0.4, 0.5) is 13.2 Å². The van der Waals surface area contributed by atoms with Crippen molar-refractivity contribution in [3.05, 3.63) is 48.0 Å². The van der Waals surface area contributed by atoms with Gasteiger partial charge in [0.25, 0.3) is 5.91 Å². The third kappa shape index (κ3) is 4.21. The van der Waals surface area contributed by atoms with Crippen LogP contribution in [0.1, 0.15) is 10.4 Å². The third-order valence-electron chi connectivity index (χ3n) is 2.93. The lowest BCUT2D eigenvalue weighted by Crippen LogP contribution is -2.40. The lowest BCUT2D eigenvalue weighted by Gasteiger charge is -2.10. The molecule has 2 amide bonds. The number of hydrogen-bond donors (Lipinski definition) is 2. The highest BCUT2D eigenvalue weighted by Crippen LogP contribution is 2.18. The van der Waals surface area contributed by atoms with E-state index in [1.807, 2.05) is 18.2 Å². The average molecular weight is 310 g/mol. The van der Waals surface area contributed by atoms with Crippen molar-refractivity contribution >= 4 is 22.6 Å². The van der Waals surface area contributed by atoms with Crippen molar-refractivity contribution in [2.75, 3.05) is 13.1 Å². The highest BCUT2D eigenvalue weighted by atomic mass is 19.4. The van der Waals surface area contributed by atoms with Crippen LogP contribution in [0.5, 0.6) is 0 Å². The van der Waals surface area contributed by atoms with E-state index in [-0.39, 0.29) is 0 Å². The van der Waals surface area contributed by atoms with E-state index in [9.17, 15) is 22.8 Å². The number of alkyl halides is 3. The molecule has 0 fully saturated rings. The second-order valence-corrected chi connectivity index (χ2v) is 4.60. The van der Waals surface area contributed by atoms with E-state index in [1.165, 1.54) is 0 Å². The molecule has 7 heteroatoms. The van der Waals surface area contributed by atoms with Gasteiger partial charge in [0.05, 0.1) is 6.54 Å². The van der Waals surface area contributed by atoms with Crippen molar-refractivity contribution < 1.29 is 22.8 Å². The first-order chi connectivity index (χ1) is 10.4. The number of fused-ring (bicyclic) bond motifs is 1. The smallest absolute Gasteiger partial charge is 0.345 e. The van der Waals surface area contributed by atoms with Crippen molar-refractivity contribution in [1.29, 1.82) is 0 Å². The molecular formula is C15H13F3N2O2. The van der Waals surface area contributed by atoms with Gasteiger partial charge in [0, 0.05) is 5.56 Å². The lowest BCUT2D eigenvalue weighted by atomic mass is 10.0. The minimum absolute atomic E-state index is 0.363. The molecule has 0 aliphatic carbocycles. The van der Waals surface area contributed by atoms with E-state index in [1.54, 1.807) is 29.6 Å². The summed E-state index contributed by atoms with van der Waals surface area (Å²) in [5.41, 5.74) is 0.363. The van der Waals surface area contributed by atoms with E-state index in [2.05, 4.69) is 5.32 Å². The third-order valence-corrected chi connectivity index (χ3v) is 2.93. The summed E-state index contributed by atoms with van der Waals surface area (Å²) < 4.78 is 35.9. The van der Waals surface area contributed by atoms with Gasteiger partial charge in [-0.25, -0.2) is 0 Å². The molecule has 4 nitrogen and oxygen atoms in total. The Morgan fingerprint density at radius 3 is 2.36 bits per heavy atom. The molecule has 0 atom stereocenters. The minimum Gasteiger partial charge on any atom is -0.345 e. The molecule has 22 heavy (non-hydrogen) atoms. The number of rotatable bonds is 4. The Bertz CT molecular complexity index is 693. The number of hydrogen-bond acceptors (Lipinski definition) is 2. The zero-order valence-electron chi connectivity index (χ0n) is 11.4. The fourth-order valence-corrected chi connectivity index (χ4v) is 1.94. The highest BCUT2D eigenvalue weighted by molar-refractivity contribution is 6.07. The first-order valence-electron chi connectivity index (χ1n) is 6.46. The van der Waals surface area contributed by atoms with Gasteiger partial charge in [0.2, 0.25) is 5.91 Å². The SMILES string of the molecule is O=C(CNC(=O)c1cccc2ccccc12)NCC(F)(F)F. The molecular weight excluding hydrogens is 297 g/mol. The number of carbonyl (C=O) groups excluding carboxylic acids is 2. The van der Waals surface area contributed by atoms with Gasteiger partial charge in [0.15, 0.2) is 0 Å². The van der Waals surface area contributed by atoms with Crippen LogP contribution in [0.3, 0.4) is 0 Å². The van der Waals surface area contributed by atoms with Crippen LogP contribution in [0.15, 0.2) is 42.5 Å². The lowest BCUT2D eigenvalue weighted by molar-refractivity contribution is -0.137. The Labute approximate surface area is 124 Å². The predicted octanol–water partition coefficient (Wildman–Crippen LogP) is 2.25. The molecule has 0 aliphatic rings. The maximum atomic E-state index is 12.1. The summed E-state index contributed by atoms with van der Waals surface area (Å²) >= 11 is 0. The molecule has 0 bridgehead atoms. The molecule has 0 unspecified atom stereocenters. The van der Waals surface area contributed by atoms with Crippen molar-refractivity contribution in [3.63, 3.8) is 0 Å². The standard InChI is InChI=1S/C15H13F3N2O2/c16-15(17,18)9-20-13(21)8-19-14(22)12-7-3-5-10-4-1-2-6-11(10)12/h1-7H,8-9H2,(H,19,22)(H,20,21). The van der Waals surface area contributed by atoms with E-state index < -0.39 is 31.1 Å². The minimum atomic E-state index is -4.48. The number of amides is 2. The monoisotopic (exact) mass is 310 g/mol. The second kappa shape index (κ2) is 6.46. The second-order valence-electron chi connectivity index (χ2n) is 4.60. The van der Waals surface area contributed by atoms with Gasteiger partial charge in [-0.2, -0.15) is 13.2 Å². The molecule has 0 spiro atoms. The first-order valence-corrected chi connectivity index (χ1v) is 6.46.